The second-order valence-electron chi connectivity index (χ2n) is 20.1. The number of hydrogen-bond donors (Lipinski definition) is 0. The number of rotatable bonds is 13. The van der Waals surface area contributed by atoms with E-state index in [0.717, 1.165) is 38.5 Å². The monoisotopic (exact) mass is 880 g/mol. The summed E-state index contributed by atoms with van der Waals surface area (Å²) in [5.74, 6) is 1.19. The van der Waals surface area contributed by atoms with Gasteiger partial charge in [0.25, 0.3) is 0 Å². The van der Waals surface area contributed by atoms with Gasteiger partial charge in [-0.1, -0.05) is 222 Å². The molecule has 0 N–H and O–H groups in total. The molecule has 4 unspecified atom stereocenters. The van der Waals surface area contributed by atoms with Gasteiger partial charge in [0.05, 0.1) is 5.54 Å². The summed E-state index contributed by atoms with van der Waals surface area (Å²) in [6, 6.07) is 44.2. The van der Waals surface area contributed by atoms with Crippen LogP contribution >= 0.6 is 0 Å². The zero-order chi connectivity index (χ0) is 47.1. The van der Waals surface area contributed by atoms with Gasteiger partial charge < -0.3 is 4.90 Å². The van der Waals surface area contributed by atoms with Crippen molar-refractivity contribution in [2.45, 2.75) is 115 Å². The Morgan fingerprint density at radius 1 is 0.716 bits per heavy atom. The van der Waals surface area contributed by atoms with Crippen molar-refractivity contribution in [1.29, 1.82) is 0 Å². The predicted octanol–water partition coefficient (Wildman–Crippen LogP) is 18.2. The molecule has 0 fully saturated rings. The van der Waals surface area contributed by atoms with Crippen LogP contribution in [0.15, 0.2) is 213 Å². The van der Waals surface area contributed by atoms with E-state index in [1.165, 1.54) is 67.9 Å². The Kier molecular flexibility index (Phi) is 14.4. The summed E-state index contributed by atoms with van der Waals surface area (Å²) in [5, 5.41) is 0. The third-order valence-electron chi connectivity index (χ3n) is 15.4. The molecule has 2 bridgehead atoms. The first-order valence-corrected chi connectivity index (χ1v) is 25.1. The average Bonchev–Trinajstić information content (AvgIpc) is 3.57. The fourth-order valence-electron chi connectivity index (χ4n) is 11.4. The highest BCUT2D eigenvalue weighted by atomic mass is 15.2. The van der Waals surface area contributed by atoms with Crippen molar-refractivity contribution < 1.29 is 0 Å². The maximum atomic E-state index is 4.45. The highest BCUT2D eigenvalue weighted by Gasteiger charge is 2.54. The van der Waals surface area contributed by atoms with Crippen LogP contribution in [0, 0.1) is 18.8 Å². The SMILES string of the molecule is C/C=C\C=C/C(/C=C\CC)CC.C=CCC1(N(c2ccc(-c3ccc(C4(C)C=CC=CC4)cc3)cc2)c2ccc3c(c2)C(C)(C)c2cc(C)ccc2-3)/C=C\CC2C=C[C@@]1(c1ccccc1)CC2. The Balaban J connectivity index is 0.000000448. The molecule has 5 aromatic rings. The third kappa shape index (κ3) is 9.28. The molecule has 0 saturated carbocycles. The maximum Gasteiger partial charge on any atom is 0.0798 e. The smallest absolute Gasteiger partial charge is 0.0798 e. The number of aryl methyl sites for hydroxylation is 1. The van der Waals surface area contributed by atoms with Crippen LogP contribution in [-0.2, 0) is 16.2 Å². The molecule has 5 aromatic carbocycles. The van der Waals surface area contributed by atoms with E-state index in [1.54, 1.807) is 0 Å². The van der Waals surface area contributed by atoms with E-state index in [-0.39, 0.29) is 16.2 Å². The summed E-state index contributed by atoms with van der Waals surface area (Å²) in [7, 11) is 0. The molecule has 342 valence electrons. The number of fused-ring (bicyclic) bond motifs is 6. The first kappa shape index (κ1) is 47.3. The number of benzene rings is 5. The number of anilines is 2. The Morgan fingerprint density at radius 3 is 2.06 bits per heavy atom. The predicted molar refractivity (Wildman–Crippen MR) is 291 cm³/mol. The molecule has 0 radical (unpaired) electrons. The summed E-state index contributed by atoms with van der Waals surface area (Å²) in [6.07, 6.45) is 41.7. The fourth-order valence-corrected chi connectivity index (χ4v) is 11.4. The summed E-state index contributed by atoms with van der Waals surface area (Å²) in [6.45, 7) is 20.2. The third-order valence-corrected chi connectivity index (χ3v) is 15.4. The van der Waals surface area contributed by atoms with Gasteiger partial charge in [-0.15, -0.1) is 6.58 Å². The van der Waals surface area contributed by atoms with Gasteiger partial charge in [0.1, 0.15) is 0 Å². The lowest BCUT2D eigenvalue weighted by atomic mass is 9.56. The van der Waals surface area contributed by atoms with Crippen LogP contribution in [0.5, 0.6) is 0 Å². The van der Waals surface area contributed by atoms with Crippen molar-refractivity contribution in [3.63, 3.8) is 0 Å². The van der Waals surface area contributed by atoms with Crippen molar-refractivity contribution in [3.8, 4) is 22.3 Å². The fraction of sp³-hybridized carbons (Fsp3) is 0.303. The van der Waals surface area contributed by atoms with E-state index in [4.69, 9.17) is 0 Å². The maximum absolute atomic E-state index is 4.45. The van der Waals surface area contributed by atoms with Crippen LogP contribution in [0.1, 0.15) is 114 Å². The summed E-state index contributed by atoms with van der Waals surface area (Å²) >= 11 is 0. The van der Waals surface area contributed by atoms with E-state index >= 15 is 0 Å². The van der Waals surface area contributed by atoms with E-state index < -0.39 is 5.54 Å². The molecule has 5 atom stereocenters. The molecule has 0 aromatic heterocycles. The second-order valence-corrected chi connectivity index (χ2v) is 20.1. The molecule has 0 aliphatic heterocycles. The average molecular weight is 880 g/mol. The molecule has 1 nitrogen and oxygen atoms in total. The molecule has 1 heteroatoms. The molecule has 0 saturated heterocycles. The lowest BCUT2D eigenvalue weighted by molar-refractivity contribution is 0.267. The van der Waals surface area contributed by atoms with E-state index in [0.29, 0.717) is 11.8 Å². The topological polar surface area (TPSA) is 3.24 Å². The van der Waals surface area contributed by atoms with Crippen LogP contribution in [0.4, 0.5) is 11.4 Å². The van der Waals surface area contributed by atoms with Gasteiger partial charge in [0.15, 0.2) is 0 Å². The number of allylic oxidation sites excluding steroid dienone is 12. The van der Waals surface area contributed by atoms with Crippen molar-refractivity contribution in [2.75, 3.05) is 4.90 Å². The quantitative estimate of drug-likeness (QED) is 0.0841. The Labute approximate surface area is 404 Å². The minimum Gasteiger partial charge on any atom is -0.330 e. The Bertz CT molecular complexity index is 2710. The van der Waals surface area contributed by atoms with Gasteiger partial charge in [-0.3, -0.25) is 0 Å². The first-order valence-electron chi connectivity index (χ1n) is 25.1. The zero-order valence-corrected chi connectivity index (χ0v) is 41.4. The van der Waals surface area contributed by atoms with Gasteiger partial charge in [0.2, 0.25) is 0 Å². The first-order chi connectivity index (χ1) is 32.5. The van der Waals surface area contributed by atoms with E-state index in [2.05, 4.69) is 253 Å². The van der Waals surface area contributed by atoms with Crippen LogP contribution in [0.25, 0.3) is 22.3 Å². The lowest BCUT2D eigenvalue weighted by Gasteiger charge is -2.57. The molecular weight excluding hydrogens is 807 g/mol. The molecule has 0 heterocycles. The lowest BCUT2D eigenvalue weighted by Crippen LogP contribution is -2.60. The van der Waals surface area contributed by atoms with Gasteiger partial charge in [-0.25, -0.2) is 0 Å². The van der Waals surface area contributed by atoms with E-state index in [1.807, 2.05) is 13.0 Å². The highest BCUT2D eigenvalue weighted by Crippen LogP contribution is 2.57. The molecule has 5 aliphatic rings. The standard InChI is InChI=1S/C54H53N.C12H20/c1-6-31-54(34-13-14-40-29-35-53(54,36-30-40)44-15-9-7-10-16-44)55(46-26-28-48-47-27-17-39(2)37-49(47)51(3,4)50(48)38-46)45-24-20-42(21-25-45)41-18-22-43(23-19-41)52(5)32-11-8-12-33-52;1-4-7-9-11-12(6-3)10-8-5-2/h6-13,15-29,32,34-35,37-38,40H,1,14,30-31,33,36H2,2-5H3;4,7-12H,5-6H2,1-3H3/b34-13-;7-4-,10-8-,11-9-/t40?,52?,53-,54?;/m0./s1. The largest absolute Gasteiger partial charge is 0.330 e. The van der Waals surface area contributed by atoms with Gasteiger partial charge >= 0.3 is 0 Å². The zero-order valence-electron chi connectivity index (χ0n) is 41.4. The van der Waals surface area contributed by atoms with Gasteiger partial charge in [-0.2, -0.15) is 0 Å². The summed E-state index contributed by atoms with van der Waals surface area (Å²) < 4.78 is 0. The molecule has 10 rings (SSSR count). The van der Waals surface area contributed by atoms with Crippen LogP contribution in [0.3, 0.4) is 0 Å². The minimum atomic E-state index is -0.459. The Hall–Kier alpha value is -6.18. The van der Waals surface area contributed by atoms with Crippen molar-refractivity contribution in [1.82, 2.24) is 0 Å². The molecule has 5 aliphatic carbocycles. The Morgan fingerprint density at radius 2 is 1.42 bits per heavy atom. The molecule has 0 spiro atoms. The van der Waals surface area contributed by atoms with Crippen molar-refractivity contribution in [3.05, 3.63) is 241 Å². The number of nitrogens with zero attached hydrogens (tertiary/aromatic N) is 1. The number of hydrogen-bond acceptors (Lipinski definition) is 1. The highest BCUT2D eigenvalue weighted by molar-refractivity contribution is 5.84. The van der Waals surface area contributed by atoms with E-state index in [9.17, 15) is 0 Å². The molecule has 0 amide bonds. The van der Waals surface area contributed by atoms with Crippen molar-refractivity contribution in [2.24, 2.45) is 11.8 Å². The van der Waals surface area contributed by atoms with Gasteiger partial charge in [-0.05, 0) is 139 Å². The molecule has 67 heavy (non-hydrogen) atoms. The summed E-state index contributed by atoms with van der Waals surface area (Å²) in [5.41, 5.74) is 13.6. The molecular formula is C66H73N. The minimum absolute atomic E-state index is 0.0368. The van der Waals surface area contributed by atoms with Crippen LogP contribution < -0.4 is 4.90 Å². The van der Waals surface area contributed by atoms with Crippen LogP contribution in [0.2, 0.25) is 0 Å². The summed E-state index contributed by atoms with van der Waals surface area (Å²) in [4.78, 5) is 2.69. The van der Waals surface area contributed by atoms with Crippen LogP contribution in [-0.4, -0.2) is 5.54 Å². The van der Waals surface area contributed by atoms with Gasteiger partial charge in [0, 0.05) is 27.6 Å². The normalized spacial score (nSPS) is 24.2. The van der Waals surface area contributed by atoms with Crippen molar-refractivity contribution >= 4 is 11.4 Å². The second kappa shape index (κ2) is 20.4.